The number of anilines is 1. The molecule has 0 bridgehead atoms. The SMILES string of the molecule is COc1ccc(CN(Cc2ccncc2)C(=S)Nc2ccc(OC)cc2OC)cc1. The highest BCUT2D eigenvalue weighted by Crippen LogP contribution is 2.29. The van der Waals surface area contributed by atoms with Crippen LogP contribution in [0.2, 0.25) is 0 Å². The summed E-state index contributed by atoms with van der Waals surface area (Å²) in [4.78, 5) is 6.19. The number of pyridine rings is 1. The first-order chi connectivity index (χ1) is 14.6. The van der Waals surface area contributed by atoms with Gasteiger partial charge in [0.1, 0.15) is 17.2 Å². The normalized spacial score (nSPS) is 10.2. The predicted octanol–water partition coefficient (Wildman–Crippen LogP) is 4.51. The van der Waals surface area contributed by atoms with Gasteiger partial charge in [-0.05, 0) is 59.7 Å². The number of nitrogens with one attached hydrogen (secondary N) is 1. The van der Waals surface area contributed by atoms with Crippen LogP contribution in [-0.2, 0) is 13.1 Å². The van der Waals surface area contributed by atoms with Crippen molar-refractivity contribution in [2.75, 3.05) is 26.6 Å². The van der Waals surface area contributed by atoms with Gasteiger partial charge in [0.05, 0.1) is 27.0 Å². The van der Waals surface area contributed by atoms with Gasteiger partial charge in [0.2, 0.25) is 0 Å². The Morgan fingerprint density at radius 3 is 2.03 bits per heavy atom. The number of methoxy groups -OCH3 is 3. The van der Waals surface area contributed by atoms with Crippen LogP contribution in [0, 0.1) is 0 Å². The Morgan fingerprint density at radius 1 is 0.833 bits per heavy atom. The van der Waals surface area contributed by atoms with Gasteiger partial charge < -0.3 is 24.4 Å². The maximum Gasteiger partial charge on any atom is 0.174 e. The fourth-order valence-electron chi connectivity index (χ4n) is 2.96. The van der Waals surface area contributed by atoms with Crippen molar-refractivity contribution in [2.24, 2.45) is 0 Å². The van der Waals surface area contributed by atoms with Gasteiger partial charge in [-0.1, -0.05) is 12.1 Å². The Kier molecular flexibility index (Phi) is 7.45. The Morgan fingerprint density at radius 2 is 1.43 bits per heavy atom. The zero-order valence-electron chi connectivity index (χ0n) is 17.3. The van der Waals surface area contributed by atoms with E-state index >= 15 is 0 Å². The zero-order valence-corrected chi connectivity index (χ0v) is 18.1. The monoisotopic (exact) mass is 423 g/mol. The van der Waals surface area contributed by atoms with Crippen LogP contribution in [0.5, 0.6) is 17.2 Å². The van der Waals surface area contributed by atoms with Crippen molar-refractivity contribution in [3.8, 4) is 17.2 Å². The Hall–Kier alpha value is -3.32. The van der Waals surface area contributed by atoms with Crippen LogP contribution in [0.4, 0.5) is 5.69 Å². The van der Waals surface area contributed by atoms with Gasteiger partial charge in [-0.15, -0.1) is 0 Å². The van der Waals surface area contributed by atoms with Crippen LogP contribution in [0.15, 0.2) is 67.0 Å². The number of thiocarbonyl (C=S) groups is 1. The molecule has 1 N–H and O–H groups in total. The van der Waals surface area contributed by atoms with Gasteiger partial charge in [0, 0.05) is 31.5 Å². The molecule has 0 unspecified atom stereocenters. The Labute approximate surface area is 182 Å². The lowest BCUT2D eigenvalue weighted by molar-refractivity contribution is 0.394. The van der Waals surface area contributed by atoms with Crippen LogP contribution in [0.3, 0.4) is 0 Å². The van der Waals surface area contributed by atoms with Gasteiger partial charge in [-0.3, -0.25) is 4.98 Å². The van der Waals surface area contributed by atoms with E-state index in [1.807, 2.05) is 54.6 Å². The molecule has 0 spiro atoms. The van der Waals surface area contributed by atoms with Gasteiger partial charge in [-0.25, -0.2) is 0 Å². The van der Waals surface area contributed by atoms with Crippen molar-refractivity contribution in [1.29, 1.82) is 0 Å². The van der Waals surface area contributed by atoms with Crippen molar-refractivity contribution in [3.63, 3.8) is 0 Å². The summed E-state index contributed by atoms with van der Waals surface area (Å²) in [6.07, 6.45) is 3.56. The first-order valence-corrected chi connectivity index (χ1v) is 9.83. The molecular formula is C23H25N3O3S. The zero-order chi connectivity index (χ0) is 21.3. The minimum Gasteiger partial charge on any atom is -0.497 e. The van der Waals surface area contributed by atoms with Gasteiger partial charge >= 0.3 is 0 Å². The molecule has 3 aromatic rings. The second kappa shape index (κ2) is 10.5. The van der Waals surface area contributed by atoms with Crippen LogP contribution < -0.4 is 19.5 Å². The molecule has 0 aliphatic rings. The van der Waals surface area contributed by atoms with Crippen LogP contribution >= 0.6 is 12.2 Å². The van der Waals surface area contributed by atoms with E-state index in [0.717, 1.165) is 28.3 Å². The van der Waals surface area contributed by atoms with Crippen LogP contribution in [0.25, 0.3) is 0 Å². The first-order valence-electron chi connectivity index (χ1n) is 9.42. The fraction of sp³-hybridized carbons (Fsp3) is 0.217. The lowest BCUT2D eigenvalue weighted by atomic mass is 10.2. The average Bonchev–Trinajstić information content (AvgIpc) is 2.80. The summed E-state index contributed by atoms with van der Waals surface area (Å²) >= 11 is 5.76. The van der Waals surface area contributed by atoms with E-state index in [1.54, 1.807) is 33.7 Å². The summed E-state index contributed by atoms with van der Waals surface area (Å²) in [5.41, 5.74) is 3.01. The van der Waals surface area contributed by atoms with Gasteiger partial charge in [0.25, 0.3) is 0 Å². The number of rotatable bonds is 8. The number of hydrogen-bond donors (Lipinski definition) is 1. The standard InChI is InChI=1S/C23H25N3O3S/c1-27-19-6-4-17(5-7-19)15-26(16-18-10-12-24-13-11-18)23(30)25-21-9-8-20(28-2)14-22(21)29-3/h4-14H,15-16H2,1-3H3,(H,25,30). The van der Waals surface area contributed by atoms with E-state index in [1.165, 1.54) is 0 Å². The fourth-order valence-corrected chi connectivity index (χ4v) is 3.19. The average molecular weight is 424 g/mol. The van der Waals surface area contributed by atoms with Gasteiger partial charge in [-0.2, -0.15) is 0 Å². The van der Waals surface area contributed by atoms with E-state index in [2.05, 4.69) is 15.2 Å². The minimum atomic E-state index is 0.589. The summed E-state index contributed by atoms with van der Waals surface area (Å²) in [7, 11) is 4.90. The van der Waals surface area contributed by atoms with Gasteiger partial charge in [0.15, 0.2) is 5.11 Å². The third-order valence-corrected chi connectivity index (χ3v) is 4.95. The minimum absolute atomic E-state index is 0.589. The molecular weight excluding hydrogens is 398 g/mol. The first kappa shape index (κ1) is 21.4. The molecule has 30 heavy (non-hydrogen) atoms. The van der Waals surface area contributed by atoms with Crippen LogP contribution in [-0.4, -0.2) is 36.3 Å². The maximum absolute atomic E-state index is 5.76. The van der Waals surface area contributed by atoms with Crippen molar-refractivity contribution in [2.45, 2.75) is 13.1 Å². The largest absolute Gasteiger partial charge is 0.497 e. The number of ether oxygens (including phenoxy) is 3. The molecule has 0 atom stereocenters. The quantitative estimate of drug-likeness (QED) is 0.535. The summed E-state index contributed by atoms with van der Waals surface area (Å²) < 4.78 is 16.0. The molecule has 3 rings (SSSR count). The highest BCUT2D eigenvalue weighted by Gasteiger charge is 2.14. The Bertz CT molecular complexity index is 965. The van der Waals surface area contributed by atoms with E-state index < -0.39 is 0 Å². The number of benzene rings is 2. The molecule has 0 amide bonds. The molecule has 1 aromatic heterocycles. The third-order valence-electron chi connectivity index (χ3n) is 4.59. The molecule has 1 heterocycles. The summed E-state index contributed by atoms with van der Waals surface area (Å²) in [5, 5.41) is 3.90. The molecule has 2 aromatic carbocycles. The Balaban J connectivity index is 1.82. The molecule has 0 saturated heterocycles. The molecule has 7 heteroatoms. The third kappa shape index (κ3) is 5.61. The lowest BCUT2D eigenvalue weighted by Gasteiger charge is -2.27. The number of aromatic nitrogens is 1. The van der Waals surface area contributed by atoms with Crippen LogP contribution in [0.1, 0.15) is 11.1 Å². The van der Waals surface area contributed by atoms with E-state index in [9.17, 15) is 0 Å². The molecule has 0 aliphatic heterocycles. The maximum atomic E-state index is 5.76. The molecule has 0 radical (unpaired) electrons. The van der Waals surface area contributed by atoms with E-state index in [-0.39, 0.29) is 0 Å². The lowest BCUT2D eigenvalue weighted by Crippen LogP contribution is -2.34. The highest BCUT2D eigenvalue weighted by molar-refractivity contribution is 7.80. The second-order valence-electron chi connectivity index (χ2n) is 6.56. The van der Waals surface area contributed by atoms with E-state index in [0.29, 0.717) is 24.0 Å². The van der Waals surface area contributed by atoms with Crippen molar-refractivity contribution in [3.05, 3.63) is 78.1 Å². The smallest absolute Gasteiger partial charge is 0.174 e. The van der Waals surface area contributed by atoms with Crippen molar-refractivity contribution in [1.82, 2.24) is 9.88 Å². The summed E-state index contributed by atoms with van der Waals surface area (Å²) in [5.74, 6) is 2.20. The molecule has 156 valence electrons. The topological polar surface area (TPSA) is 55.9 Å². The summed E-state index contributed by atoms with van der Waals surface area (Å²) in [6, 6.07) is 17.5. The number of nitrogens with zero attached hydrogens (tertiary/aromatic N) is 2. The highest BCUT2D eigenvalue weighted by atomic mass is 32.1. The van der Waals surface area contributed by atoms with E-state index in [4.69, 9.17) is 26.4 Å². The van der Waals surface area contributed by atoms with Crippen molar-refractivity contribution < 1.29 is 14.2 Å². The molecule has 0 fully saturated rings. The predicted molar refractivity (Wildman–Crippen MR) is 122 cm³/mol. The molecule has 0 aliphatic carbocycles. The van der Waals surface area contributed by atoms with Crippen molar-refractivity contribution >= 4 is 23.0 Å². The summed E-state index contributed by atoms with van der Waals surface area (Å²) in [6.45, 7) is 1.27. The molecule has 6 nitrogen and oxygen atoms in total. The molecule has 0 saturated carbocycles. The number of hydrogen-bond acceptors (Lipinski definition) is 5. The second-order valence-corrected chi connectivity index (χ2v) is 6.94.